The summed E-state index contributed by atoms with van der Waals surface area (Å²) in [5.41, 5.74) is 0.677. The molecule has 0 aliphatic heterocycles. The van der Waals surface area contributed by atoms with Gasteiger partial charge in [0.2, 0.25) is 0 Å². The number of hydrogen-bond acceptors (Lipinski definition) is 0. The fraction of sp³-hybridized carbons (Fsp3) is 0.154. The Bertz CT molecular complexity index is 486. The van der Waals surface area contributed by atoms with Gasteiger partial charge in [0.1, 0.15) is 0 Å². The number of fused-ring (bicyclic) bond motifs is 1. The van der Waals surface area contributed by atoms with Crippen molar-refractivity contribution in [1.29, 1.82) is 0 Å². The molecule has 0 nitrogen and oxygen atoms in total. The molecule has 0 aliphatic carbocycles. The molecule has 0 unspecified atom stereocenters. The van der Waals surface area contributed by atoms with Crippen LogP contribution in [0.4, 0.5) is 13.2 Å². The molecule has 0 saturated heterocycles. The maximum atomic E-state index is 12.0. The Morgan fingerprint density at radius 1 is 0.938 bits per heavy atom. The molecule has 0 amide bonds. The van der Waals surface area contributed by atoms with Crippen molar-refractivity contribution in [2.75, 3.05) is 0 Å². The van der Waals surface area contributed by atoms with Gasteiger partial charge in [-0.15, -0.1) is 0 Å². The van der Waals surface area contributed by atoms with Crippen molar-refractivity contribution in [3.05, 3.63) is 54.4 Å². The molecule has 3 heteroatoms. The summed E-state index contributed by atoms with van der Waals surface area (Å²) in [6.45, 7) is 0. The van der Waals surface area contributed by atoms with E-state index in [1.807, 2.05) is 30.3 Å². The number of alkyl halides is 3. The van der Waals surface area contributed by atoms with E-state index in [-0.39, 0.29) is 6.42 Å². The summed E-state index contributed by atoms with van der Waals surface area (Å²) >= 11 is 0. The van der Waals surface area contributed by atoms with Crippen molar-refractivity contribution in [3.8, 4) is 0 Å². The minimum Gasteiger partial charge on any atom is -0.171 e. The van der Waals surface area contributed by atoms with Gasteiger partial charge < -0.3 is 0 Å². The van der Waals surface area contributed by atoms with Crippen LogP contribution in [0.5, 0.6) is 0 Å². The van der Waals surface area contributed by atoms with Crippen molar-refractivity contribution in [2.24, 2.45) is 0 Å². The van der Waals surface area contributed by atoms with E-state index in [1.165, 1.54) is 0 Å². The second-order valence-corrected chi connectivity index (χ2v) is 3.63. The van der Waals surface area contributed by atoms with Gasteiger partial charge in [-0.1, -0.05) is 42.5 Å². The molecule has 0 atom stereocenters. The largest absolute Gasteiger partial charge is 0.392 e. The lowest BCUT2D eigenvalue weighted by Crippen LogP contribution is -2.09. The third-order valence-corrected chi connectivity index (χ3v) is 2.38. The fourth-order valence-electron chi connectivity index (χ4n) is 1.60. The van der Waals surface area contributed by atoms with Gasteiger partial charge in [0.25, 0.3) is 0 Å². The standard InChI is InChI=1S/C13H10F3/c14-13(15,16)8-7-10-5-6-11-3-1-2-4-12(11)9-10/h1-6,8-9H,7H2. The zero-order valence-electron chi connectivity index (χ0n) is 8.46. The lowest BCUT2D eigenvalue weighted by atomic mass is 10.0. The van der Waals surface area contributed by atoms with Crippen LogP contribution in [0, 0.1) is 6.42 Å². The third-order valence-electron chi connectivity index (χ3n) is 2.38. The first-order chi connectivity index (χ1) is 7.54. The Morgan fingerprint density at radius 2 is 1.62 bits per heavy atom. The molecule has 0 fully saturated rings. The van der Waals surface area contributed by atoms with Crippen LogP contribution in [0.2, 0.25) is 0 Å². The summed E-state index contributed by atoms with van der Waals surface area (Å²) in [5.74, 6) is 0. The second-order valence-electron chi connectivity index (χ2n) is 3.63. The van der Waals surface area contributed by atoms with Crippen LogP contribution in [-0.4, -0.2) is 6.18 Å². The zero-order valence-corrected chi connectivity index (χ0v) is 8.46. The van der Waals surface area contributed by atoms with Crippen molar-refractivity contribution in [1.82, 2.24) is 0 Å². The smallest absolute Gasteiger partial charge is 0.171 e. The molecule has 0 aromatic heterocycles. The second kappa shape index (κ2) is 4.16. The van der Waals surface area contributed by atoms with Gasteiger partial charge in [0.05, 0.1) is 6.42 Å². The molecule has 0 saturated carbocycles. The van der Waals surface area contributed by atoms with Crippen molar-refractivity contribution in [3.63, 3.8) is 0 Å². The summed E-state index contributed by atoms with van der Waals surface area (Å²) in [6.07, 6.45) is -3.91. The first-order valence-electron chi connectivity index (χ1n) is 4.93. The van der Waals surface area contributed by atoms with Crippen LogP contribution in [0.1, 0.15) is 5.56 Å². The van der Waals surface area contributed by atoms with E-state index in [2.05, 4.69) is 0 Å². The van der Waals surface area contributed by atoms with E-state index in [1.54, 1.807) is 12.1 Å². The highest BCUT2D eigenvalue weighted by Crippen LogP contribution is 2.22. The Hall–Kier alpha value is -1.51. The van der Waals surface area contributed by atoms with E-state index in [0.29, 0.717) is 12.0 Å². The molecule has 0 bridgehead atoms. The summed E-state index contributed by atoms with van der Waals surface area (Å²) in [6, 6.07) is 13.0. The predicted octanol–water partition coefficient (Wildman–Crippen LogP) is 4.15. The molecular weight excluding hydrogens is 213 g/mol. The number of rotatable bonds is 2. The van der Waals surface area contributed by atoms with Gasteiger partial charge in [0, 0.05) is 0 Å². The summed E-state index contributed by atoms with van der Waals surface area (Å²) in [4.78, 5) is 0. The molecule has 0 heterocycles. The van der Waals surface area contributed by atoms with Crippen LogP contribution in [0.3, 0.4) is 0 Å². The lowest BCUT2D eigenvalue weighted by molar-refractivity contribution is -0.0973. The van der Waals surface area contributed by atoms with Gasteiger partial charge in [0.15, 0.2) is 0 Å². The van der Waals surface area contributed by atoms with Crippen LogP contribution >= 0.6 is 0 Å². The average Bonchev–Trinajstić information content (AvgIpc) is 2.25. The summed E-state index contributed by atoms with van der Waals surface area (Å²) in [7, 11) is 0. The van der Waals surface area contributed by atoms with Crippen molar-refractivity contribution >= 4 is 10.8 Å². The Balaban J connectivity index is 2.20. The topological polar surface area (TPSA) is 0 Å². The normalized spacial score (nSPS) is 11.9. The highest BCUT2D eigenvalue weighted by molar-refractivity contribution is 5.83. The maximum Gasteiger partial charge on any atom is 0.392 e. The SMILES string of the molecule is FC(F)(F)[CH]Cc1ccc2ccccc2c1. The highest BCUT2D eigenvalue weighted by Gasteiger charge is 2.26. The van der Waals surface area contributed by atoms with E-state index in [0.717, 1.165) is 10.8 Å². The quantitative estimate of drug-likeness (QED) is 0.717. The van der Waals surface area contributed by atoms with Gasteiger partial charge in [-0.05, 0) is 22.8 Å². The molecule has 0 spiro atoms. The maximum absolute atomic E-state index is 12.0. The van der Waals surface area contributed by atoms with Crippen molar-refractivity contribution < 1.29 is 13.2 Å². The van der Waals surface area contributed by atoms with E-state index >= 15 is 0 Å². The van der Waals surface area contributed by atoms with Crippen molar-refractivity contribution in [2.45, 2.75) is 12.6 Å². The minimum absolute atomic E-state index is 0.0751. The molecule has 0 aliphatic rings. The van der Waals surface area contributed by atoms with Gasteiger partial charge in [-0.3, -0.25) is 0 Å². The number of hydrogen-bond donors (Lipinski definition) is 0. The molecule has 1 radical (unpaired) electrons. The van der Waals surface area contributed by atoms with Gasteiger partial charge in [-0.2, -0.15) is 13.2 Å². The third kappa shape index (κ3) is 2.75. The molecule has 16 heavy (non-hydrogen) atoms. The summed E-state index contributed by atoms with van der Waals surface area (Å²) in [5, 5.41) is 2.01. The zero-order chi connectivity index (χ0) is 11.6. The Kier molecular flexibility index (Phi) is 2.86. The van der Waals surface area contributed by atoms with Crippen LogP contribution < -0.4 is 0 Å². The average molecular weight is 223 g/mol. The van der Waals surface area contributed by atoms with Crippen LogP contribution in [-0.2, 0) is 6.42 Å². The number of benzene rings is 2. The van der Waals surface area contributed by atoms with Gasteiger partial charge in [-0.25, -0.2) is 0 Å². The van der Waals surface area contributed by atoms with E-state index < -0.39 is 6.18 Å². The first-order valence-corrected chi connectivity index (χ1v) is 4.93. The van der Waals surface area contributed by atoms with E-state index in [4.69, 9.17) is 0 Å². The Morgan fingerprint density at radius 3 is 2.31 bits per heavy atom. The molecule has 2 aromatic rings. The molecular formula is C13H10F3. The minimum atomic E-state index is -4.20. The molecule has 2 aromatic carbocycles. The predicted molar refractivity (Wildman–Crippen MR) is 58.0 cm³/mol. The monoisotopic (exact) mass is 223 g/mol. The molecule has 0 N–H and O–H groups in total. The highest BCUT2D eigenvalue weighted by atomic mass is 19.4. The lowest BCUT2D eigenvalue weighted by Gasteiger charge is -2.06. The fourth-order valence-corrected chi connectivity index (χ4v) is 1.60. The van der Waals surface area contributed by atoms with Gasteiger partial charge >= 0.3 is 6.18 Å². The number of halogens is 3. The molecule has 2 rings (SSSR count). The Labute approximate surface area is 91.7 Å². The van der Waals surface area contributed by atoms with E-state index in [9.17, 15) is 13.2 Å². The molecule has 83 valence electrons. The summed E-state index contributed by atoms with van der Waals surface area (Å²) < 4.78 is 36.0. The first kappa shape index (κ1) is 11.0. The van der Waals surface area contributed by atoms with Crippen LogP contribution in [0.25, 0.3) is 10.8 Å². The van der Waals surface area contributed by atoms with Crippen LogP contribution in [0.15, 0.2) is 42.5 Å².